The maximum atomic E-state index is 10.7. The first-order valence-electron chi connectivity index (χ1n) is 10.6. The van der Waals surface area contributed by atoms with Gasteiger partial charge in [-0.15, -0.1) is 22.7 Å². The van der Waals surface area contributed by atoms with Crippen molar-refractivity contribution in [2.75, 3.05) is 10.6 Å². The molecular weight excluding hydrogens is 468 g/mol. The molecule has 0 saturated carbocycles. The van der Waals surface area contributed by atoms with Crippen molar-refractivity contribution in [3.8, 4) is 0 Å². The average molecular weight is 495 g/mol. The highest BCUT2D eigenvalue weighted by Gasteiger charge is 2.03. The van der Waals surface area contributed by atoms with Gasteiger partial charge in [0.2, 0.25) is 0 Å². The van der Waals surface area contributed by atoms with E-state index in [-0.39, 0.29) is 0 Å². The van der Waals surface area contributed by atoms with E-state index in [0.717, 1.165) is 24.5 Å². The Hall–Kier alpha value is -3.62. The van der Waals surface area contributed by atoms with Crippen LogP contribution in [0.15, 0.2) is 72.8 Å². The van der Waals surface area contributed by atoms with Crippen LogP contribution in [0.4, 0.5) is 11.4 Å². The topological polar surface area (TPSA) is 98.7 Å². The van der Waals surface area contributed by atoms with Gasteiger partial charge in [0.05, 0.1) is 11.1 Å². The van der Waals surface area contributed by atoms with Crippen LogP contribution in [0.5, 0.6) is 0 Å². The molecule has 0 bridgehead atoms. The van der Waals surface area contributed by atoms with Crippen molar-refractivity contribution in [1.82, 2.24) is 0 Å². The van der Waals surface area contributed by atoms with Crippen LogP contribution in [0, 0.1) is 13.8 Å². The van der Waals surface area contributed by atoms with Crippen LogP contribution in [0.2, 0.25) is 0 Å². The van der Waals surface area contributed by atoms with Crippen molar-refractivity contribution in [3.05, 3.63) is 103 Å². The zero-order valence-corrected chi connectivity index (χ0v) is 20.5. The lowest BCUT2D eigenvalue weighted by atomic mass is 10.2. The fourth-order valence-corrected chi connectivity index (χ4v) is 4.66. The van der Waals surface area contributed by atoms with Crippen LogP contribution >= 0.6 is 22.7 Å². The maximum absolute atomic E-state index is 10.7. The summed E-state index contributed by atoms with van der Waals surface area (Å²) in [4.78, 5) is 26.5. The smallest absolute Gasteiger partial charge is 0.335 e. The molecule has 4 N–H and O–H groups in total. The number of hydrogen-bond donors (Lipinski definition) is 4. The monoisotopic (exact) mass is 494 g/mol. The summed E-state index contributed by atoms with van der Waals surface area (Å²) in [5, 5.41) is 24.1. The number of benzene rings is 2. The van der Waals surface area contributed by atoms with Crippen molar-refractivity contribution in [1.29, 1.82) is 0 Å². The third-order valence-corrected chi connectivity index (χ3v) is 6.79. The second-order valence-corrected chi connectivity index (χ2v) is 10.2. The molecule has 0 fully saturated rings. The number of anilines is 2. The number of carboxylic acid groups (broad SMARTS) is 2. The first-order chi connectivity index (χ1) is 16.3. The molecule has 0 saturated heterocycles. The highest BCUT2D eigenvalue weighted by Crippen LogP contribution is 2.18. The van der Waals surface area contributed by atoms with Crippen LogP contribution in [0.3, 0.4) is 0 Å². The van der Waals surface area contributed by atoms with Gasteiger partial charge >= 0.3 is 11.9 Å². The molecule has 4 rings (SSSR count). The Labute approximate surface area is 206 Å². The SMILES string of the molecule is Cc1ccc(CNc2ccc(C(=O)O)cc2)s1.Cc1ccc(CNc2ccc(C(=O)O)cc2)s1. The molecule has 2 aromatic carbocycles. The standard InChI is InChI=1S/2C13H13NO2S/c2*1-9-2-7-12(17-9)8-14-11-5-3-10(4-6-11)13(15)16/h2*2-7,14H,8H2,1H3,(H,15,16). The van der Waals surface area contributed by atoms with Gasteiger partial charge in [-0.1, -0.05) is 0 Å². The van der Waals surface area contributed by atoms with Crippen molar-refractivity contribution in [2.45, 2.75) is 26.9 Å². The maximum Gasteiger partial charge on any atom is 0.335 e. The third kappa shape index (κ3) is 7.75. The summed E-state index contributed by atoms with van der Waals surface area (Å²) in [6.45, 7) is 5.70. The fraction of sp³-hybridized carbons (Fsp3) is 0.154. The molecule has 0 spiro atoms. The quantitative estimate of drug-likeness (QED) is 0.217. The molecule has 0 radical (unpaired) electrons. The molecular formula is C26H26N2O4S2. The molecule has 2 heterocycles. The molecule has 0 aliphatic heterocycles. The predicted molar refractivity (Wildman–Crippen MR) is 140 cm³/mol. The van der Waals surface area contributed by atoms with Gasteiger partial charge in [0.1, 0.15) is 0 Å². The summed E-state index contributed by atoms with van der Waals surface area (Å²) in [5.41, 5.74) is 2.48. The Morgan fingerprint density at radius 1 is 0.618 bits per heavy atom. The molecule has 0 amide bonds. The lowest BCUT2D eigenvalue weighted by molar-refractivity contribution is 0.0686. The molecule has 0 aliphatic carbocycles. The van der Waals surface area contributed by atoms with Crippen molar-refractivity contribution in [3.63, 3.8) is 0 Å². The largest absolute Gasteiger partial charge is 0.478 e. The van der Waals surface area contributed by atoms with Gasteiger partial charge in [-0.25, -0.2) is 9.59 Å². The summed E-state index contributed by atoms with van der Waals surface area (Å²) < 4.78 is 0. The lowest BCUT2D eigenvalue weighted by Gasteiger charge is -2.04. The van der Waals surface area contributed by atoms with Crippen LogP contribution < -0.4 is 10.6 Å². The van der Waals surface area contributed by atoms with Crippen LogP contribution in [-0.2, 0) is 13.1 Å². The molecule has 0 atom stereocenters. The van der Waals surface area contributed by atoms with E-state index < -0.39 is 11.9 Å². The first kappa shape index (κ1) is 25.0. The molecule has 6 nitrogen and oxygen atoms in total. The number of nitrogens with one attached hydrogen (secondary N) is 2. The van der Waals surface area contributed by atoms with E-state index in [1.807, 2.05) is 0 Å². The molecule has 0 aliphatic rings. The zero-order valence-electron chi connectivity index (χ0n) is 18.9. The summed E-state index contributed by atoms with van der Waals surface area (Å²) >= 11 is 3.52. The van der Waals surface area contributed by atoms with E-state index in [9.17, 15) is 9.59 Å². The highest BCUT2D eigenvalue weighted by molar-refractivity contribution is 7.12. The van der Waals surface area contributed by atoms with Crippen LogP contribution in [0.1, 0.15) is 40.2 Å². The minimum atomic E-state index is -0.898. The number of carboxylic acids is 2. The predicted octanol–water partition coefficient (Wildman–Crippen LogP) is 6.73. The molecule has 8 heteroatoms. The number of hydrogen-bond acceptors (Lipinski definition) is 6. The van der Waals surface area contributed by atoms with Crippen molar-refractivity contribution >= 4 is 46.0 Å². The molecule has 34 heavy (non-hydrogen) atoms. The van der Waals surface area contributed by atoms with Gasteiger partial charge in [-0.2, -0.15) is 0 Å². The normalized spacial score (nSPS) is 10.2. The summed E-state index contributed by atoms with van der Waals surface area (Å²) in [5.74, 6) is -1.80. The number of carbonyl (C=O) groups is 2. The lowest BCUT2D eigenvalue weighted by Crippen LogP contribution is -1.99. The number of rotatable bonds is 8. The Kier molecular flexibility index (Phi) is 8.84. The Bertz CT molecular complexity index is 1130. The first-order valence-corrected chi connectivity index (χ1v) is 12.2. The molecule has 4 aromatic rings. The second kappa shape index (κ2) is 12.0. The van der Waals surface area contributed by atoms with Crippen molar-refractivity contribution < 1.29 is 19.8 Å². The van der Waals surface area contributed by atoms with E-state index in [1.54, 1.807) is 71.2 Å². The molecule has 176 valence electrons. The van der Waals surface area contributed by atoms with Gasteiger partial charge in [0.15, 0.2) is 0 Å². The van der Waals surface area contributed by atoms with Gasteiger partial charge < -0.3 is 20.8 Å². The van der Waals surface area contributed by atoms with Gasteiger partial charge in [0.25, 0.3) is 0 Å². The summed E-state index contributed by atoms with van der Waals surface area (Å²) in [6, 6.07) is 21.9. The Morgan fingerprint density at radius 2 is 0.971 bits per heavy atom. The second-order valence-electron chi connectivity index (χ2n) is 7.50. The summed E-state index contributed by atoms with van der Waals surface area (Å²) in [6.07, 6.45) is 0. The van der Waals surface area contributed by atoms with E-state index in [2.05, 4.69) is 48.7 Å². The Morgan fingerprint density at radius 3 is 1.24 bits per heavy atom. The summed E-state index contributed by atoms with van der Waals surface area (Å²) in [7, 11) is 0. The van der Waals surface area contributed by atoms with E-state index in [0.29, 0.717) is 11.1 Å². The van der Waals surface area contributed by atoms with Crippen LogP contribution in [0.25, 0.3) is 0 Å². The van der Waals surface area contributed by atoms with E-state index in [4.69, 9.17) is 10.2 Å². The average Bonchev–Trinajstić information content (AvgIpc) is 3.44. The van der Waals surface area contributed by atoms with E-state index >= 15 is 0 Å². The third-order valence-electron chi connectivity index (χ3n) is 4.79. The van der Waals surface area contributed by atoms with Gasteiger partial charge in [0, 0.05) is 44.0 Å². The minimum Gasteiger partial charge on any atom is -0.478 e. The molecule has 2 aromatic heterocycles. The van der Waals surface area contributed by atoms with Gasteiger partial charge in [-0.05, 0) is 86.6 Å². The van der Waals surface area contributed by atoms with Crippen LogP contribution in [-0.4, -0.2) is 22.2 Å². The fourth-order valence-electron chi connectivity index (χ4n) is 3.00. The van der Waals surface area contributed by atoms with Gasteiger partial charge in [-0.3, -0.25) is 0 Å². The Balaban J connectivity index is 0.000000191. The number of thiophene rings is 2. The number of aryl methyl sites for hydroxylation is 2. The highest BCUT2D eigenvalue weighted by atomic mass is 32.1. The minimum absolute atomic E-state index is 0.308. The van der Waals surface area contributed by atoms with Crippen molar-refractivity contribution in [2.24, 2.45) is 0 Å². The zero-order chi connectivity index (χ0) is 24.5. The number of aromatic carboxylic acids is 2. The molecule has 0 unspecified atom stereocenters. The van der Waals surface area contributed by atoms with E-state index in [1.165, 1.54) is 19.5 Å².